The Bertz CT molecular complexity index is 253. The van der Waals surface area contributed by atoms with Crippen LogP contribution in [-0.2, 0) is 4.79 Å². The Balaban J connectivity index is 2.26. The van der Waals surface area contributed by atoms with Crippen LogP contribution in [0.1, 0.15) is 59.3 Å². The number of unbranched alkanes of at least 4 members (excludes halogenated alkanes) is 1. The molecule has 3 N–H and O–H groups in total. The van der Waals surface area contributed by atoms with Crippen LogP contribution in [0.2, 0.25) is 0 Å². The highest BCUT2D eigenvalue weighted by molar-refractivity contribution is 5.73. The molecule has 3 atom stereocenters. The van der Waals surface area contributed by atoms with Gasteiger partial charge in [0.25, 0.3) is 0 Å². The van der Waals surface area contributed by atoms with E-state index in [1.165, 1.54) is 19.3 Å². The van der Waals surface area contributed by atoms with Gasteiger partial charge in [0, 0.05) is 12.5 Å². The van der Waals surface area contributed by atoms with Gasteiger partial charge in [0.1, 0.15) is 0 Å². The summed E-state index contributed by atoms with van der Waals surface area (Å²) in [5, 5.41) is 3.71. The molecule has 1 rings (SSSR count). The van der Waals surface area contributed by atoms with Crippen molar-refractivity contribution in [1.82, 2.24) is 5.32 Å². The minimum absolute atomic E-state index is 0.179. The molecule has 18 heavy (non-hydrogen) atoms. The van der Waals surface area contributed by atoms with Crippen LogP contribution < -0.4 is 11.1 Å². The molecule has 3 unspecified atom stereocenters. The van der Waals surface area contributed by atoms with E-state index in [1.807, 2.05) is 0 Å². The van der Waals surface area contributed by atoms with Crippen LogP contribution in [0.3, 0.4) is 0 Å². The first-order valence-electron chi connectivity index (χ1n) is 7.52. The number of nitrogens with two attached hydrogens (primary N) is 1. The van der Waals surface area contributed by atoms with Gasteiger partial charge in [-0.15, -0.1) is 0 Å². The number of primary amides is 1. The topological polar surface area (TPSA) is 55.1 Å². The average Bonchev–Trinajstić information content (AvgIpc) is 2.27. The molecule has 0 bridgehead atoms. The molecule has 1 aliphatic carbocycles. The lowest BCUT2D eigenvalue weighted by Crippen LogP contribution is -2.43. The smallest absolute Gasteiger partial charge is 0.217 e. The Hall–Kier alpha value is -0.570. The Morgan fingerprint density at radius 1 is 1.33 bits per heavy atom. The molecular formula is C15H30N2O. The third kappa shape index (κ3) is 5.38. The molecule has 3 nitrogen and oxygen atoms in total. The van der Waals surface area contributed by atoms with E-state index in [0.29, 0.717) is 12.5 Å². The summed E-state index contributed by atoms with van der Waals surface area (Å²) in [4.78, 5) is 10.7. The predicted molar refractivity (Wildman–Crippen MR) is 76.2 cm³/mol. The SMILES string of the molecule is CC1CCC(C(C)C)C(NCCCCC(N)=O)C1. The van der Waals surface area contributed by atoms with E-state index < -0.39 is 0 Å². The zero-order valence-corrected chi connectivity index (χ0v) is 12.2. The summed E-state index contributed by atoms with van der Waals surface area (Å²) in [7, 11) is 0. The van der Waals surface area contributed by atoms with Gasteiger partial charge in [-0.25, -0.2) is 0 Å². The second-order valence-electron chi connectivity index (χ2n) is 6.31. The third-order valence-corrected chi connectivity index (χ3v) is 4.28. The van der Waals surface area contributed by atoms with Crippen LogP contribution in [0.5, 0.6) is 0 Å². The molecule has 1 saturated carbocycles. The number of carbonyl (C=O) groups is 1. The van der Waals surface area contributed by atoms with Crippen LogP contribution in [-0.4, -0.2) is 18.5 Å². The van der Waals surface area contributed by atoms with Gasteiger partial charge in [-0.2, -0.15) is 0 Å². The second-order valence-corrected chi connectivity index (χ2v) is 6.31. The fourth-order valence-electron chi connectivity index (χ4n) is 3.15. The summed E-state index contributed by atoms with van der Waals surface area (Å²) in [6.07, 6.45) is 6.53. The van der Waals surface area contributed by atoms with E-state index in [1.54, 1.807) is 0 Å². The number of nitrogens with one attached hydrogen (secondary N) is 1. The van der Waals surface area contributed by atoms with E-state index >= 15 is 0 Å². The molecule has 1 aliphatic rings. The van der Waals surface area contributed by atoms with E-state index in [-0.39, 0.29) is 5.91 Å². The Morgan fingerprint density at radius 3 is 2.67 bits per heavy atom. The van der Waals surface area contributed by atoms with Crippen molar-refractivity contribution < 1.29 is 4.79 Å². The minimum Gasteiger partial charge on any atom is -0.370 e. The third-order valence-electron chi connectivity index (χ3n) is 4.28. The molecule has 0 aromatic carbocycles. The highest BCUT2D eigenvalue weighted by Gasteiger charge is 2.29. The molecule has 0 aromatic rings. The number of amides is 1. The summed E-state index contributed by atoms with van der Waals surface area (Å²) in [5.41, 5.74) is 5.14. The summed E-state index contributed by atoms with van der Waals surface area (Å²) >= 11 is 0. The van der Waals surface area contributed by atoms with Crippen molar-refractivity contribution >= 4 is 5.91 Å². The second kappa shape index (κ2) is 7.78. The van der Waals surface area contributed by atoms with Gasteiger partial charge < -0.3 is 11.1 Å². The molecule has 0 heterocycles. The van der Waals surface area contributed by atoms with Crippen molar-refractivity contribution in [2.45, 2.75) is 65.3 Å². The number of rotatable bonds is 7. The standard InChI is InChI=1S/C15H30N2O/c1-11(2)13-8-7-12(3)10-14(13)17-9-5-4-6-15(16)18/h11-14,17H,4-10H2,1-3H3,(H2,16,18). The summed E-state index contributed by atoms with van der Waals surface area (Å²) < 4.78 is 0. The highest BCUT2D eigenvalue weighted by atomic mass is 16.1. The Labute approximate surface area is 112 Å². The average molecular weight is 254 g/mol. The molecular weight excluding hydrogens is 224 g/mol. The molecule has 3 heteroatoms. The van der Waals surface area contributed by atoms with Crippen LogP contribution in [0.4, 0.5) is 0 Å². The lowest BCUT2D eigenvalue weighted by atomic mass is 9.74. The molecule has 1 fully saturated rings. The fourth-order valence-corrected chi connectivity index (χ4v) is 3.15. The summed E-state index contributed by atoms with van der Waals surface area (Å²) in [6, 6.07) is 0.669. The number of carbonyl (C=O) groups excluding carboxylic acids is 1. The van der Waals surface area contributed by atoms with E-state index in [0.717, 1.165) is 37.1 Å². The molecule has 0 aliphatic heterocycles. The zero-order chi connectivity index (χ0) is 13.5. The first-order chi connectivity index (χ1) is 8.50. The van der Waals surface area contributed by atoms with Crippen molar-refractivity contribution in [1.29, 1.82) is 0 Å². The first kappa shape index (κ1) is 15.5. The van der Waals surface area contributed by atoms with Crippen molar-refractivity contribution in [2.75, 3.05) is 6.54 Å². The van der Waals surface area contributed by atoms with Crippen molar-refractivity contribution in [3.8, 4) is 0 Å². The summed E-state index contributed by atoms with van der Waals surface area (Å²) in [6.45, 7) is 8.05. The van der Waals surface area contributed by atoms with Crippen LogP contribution in [0.15, 0.2) is 0 Å². The van der Waals surface area contributed by atoms with Gasteiger partial charge in [0.05, 0.1) is 0 Å². The van der Waals surface area contributed by atoms with Gasteiger partial charge in [-0.3, -0.25) is 4.79 Å². The molecule has 0 aromatic heterocycles. The van der Waals surface area contributed by atoms with Crippen molar-refractivity contribution in [2.24, 2.45) is 23.5 Å². The van der Waals surface area contributed by atoms with Crippen LogP contribution >= 0.6 is 0 Å². The Morgan fingerprint density at radius 2 is 2.06 bits per heavy atom. The molecule has 0 spiro atoms. The maximum Gasteiger partial charge on any atom is 0.217 e. The van der Waals surface area contributed by atoms with E-state index in [2.05, 4.69) is 26.1 Å². The normalized spacial score (nSPS) is 28.6. The number of hydrogen-bond acceptors (Lipinski definition) is 2. The van der Waals surface area contributed by atoms with Gasteiger partial charge in [-0.1, -0.05) is 27.2 Å². The van der Waals surface area contributed by atoms with Crippen molar-refractivity contribution in [3.63, 3.8) is 0 Å². The lowest BCUT2D eigenvalue weighted by molar-refractivity contribution is -0.118. The maximum atomic E-state index is 10.7. The van der Waals surface area contributed by atoms with Gasteiger partial charge in [0.15, 0.2) is 0 Å². The molecule has 0 saturated heterocycles. The first-order valence-corrected chi connectivity index (χ1v) is 7.52. The van der Waals surface area contributed by atoms with E-state index in [9.17, 15) is 4.79 Å². The monoisotopic (exact) mass is 254 g/mol. The number of hydrogen-bond donors (Lipinski definition) is 2. The van der Waals surface area contributed by atoms with Gasteiger partial charge in [-0.05, 0) is 50.0 Å². The van der Waals surface area contributed by atoms with Crippen LogP contribution in [0.25, 0.3) is 0 Å². The van der Waals surface area contributed by atoms with Gasteiger partial charge >= 0.3 is 0 Å². The minimum atomic E-state index is -0.179. The zero-order valence-electron chi connectivity index (χ0n) is 12.2. The quantitative estimate of drug-likeness (QED) is 0.686. The van der Waals surface area contributed by atoms with Crippen LogP contribution in [0, 0.1) is 17.8 Å². The highest BCUT2D eigenvalue weighted by Crippen LogP contribution is 2.33. The largest absolute Gasteiger partial charge is 0.370 e. The molecule has 1 amide bonds. The van der Waals surface area contributed by atoms with E-state index in [4.69, 9.17) is 5.73 Å². The summed E-state index contributed by atoms with van der Waals surface area (Å²) in [5.74, 6) is 2.25. The molecule has 106 valence electrons. The molecule has 0 radical (unpaired) electrons. The van der Waals surface area contributed by atoms with Crippen molar-refractivity contribution in [3.05, 3.63) is 0 Å². The Kier molecular flexibility index (Phi) is 6.69. The van der Waals surface area contributed by atoms with Gasteiger partial charge in [0.2, 0.25) is 5.91 Å². The predicted octanol–water partition coefficient (Wildman–Crippen LogP) is 2.69. The lowest BCUT2D eigenvalue weighted by Gasteiger charge is -2.38. The fraction of sp³-hybridized carbons (Fsp3) is 0.933. The maximum absolute atomic E-state index is 10.7.